The van der Waals surface area contributed by atoms with Crippen molar-refractivity contribution in [1.82, 2.24) is 5.32 Å². The number of methoxy groups -OCH3 is 1. The minimum Gasteiger partial charge on any atom is -0.487 e. The summed E-state index contributed by atoms with van der Waals surface area (Å²) in [6.07, 6.45) is 4.71. The number of rotatable bonds is 9. The van der Waals surface area contributed by atoms with Gasteiger partial charge in [-0.25, -0.2) is 0 Å². The summed E-state index contributed by atoms with van der Waals surface area (Å²) < 4.78 is 11.5. The Morgan fingerprint density at radius 3 is 2.71 bits per heavy atom. The highest BCUT2D eigenvalue weighted by Gasteiger charge is 2.38. The highest BCUT2D eigenvalue weighted by molar-refractivity contribution is 5.29. The van der Waals surface area contributed by atoms with E-state index in [0.717, 1.165) is 25.3 Å². The Bertz CT molecular complexity index is 427. The monoisotopic (exact) mass is 291 g/mol. The maximum absolute atomic E-state index is 6.34. The van der Waals surface area contributed by atoms with Crippen LogP contribution in [0.5, 0.6) is 5.75 Å². The molecule has 1 fully saturated rings. The molecule has 0 spiro atoms. The van der Waals surface area contributed by atoms with Crippen molar-refractivity contribution in [2.24, 2.45) is 5.92 Å². The highest BCUT2D eigenvalue weighted by Crippen LogP contribution is 2.39. The van der Waals surface area contributed by atoms with Crippen LogP contribution in [0.4, 0.5) is 0 Å². The second-order valence-corrected chi connectivity index (χ2v) is 6.57. The van der Waals surface area contributed by atoms with Crippen LogP contribution in [0, 0.1) is 5.92 Å². The number of benzene rings is 1. The van der Waals surface area contributed by atoms with Crippen molar-refractivity contribution >= 4 is 0 Å². The molecule has 2 rings (SSSR count). The molecular formula is C18H29NO2. The second kappa shape index (κ2) is 7.81. The first-order valence-corrected chi connectivity index (χ1v) is 8.11. The lowest BCUT2D eigenvalue weighted by atomic mass is 9.77. The number of hydrogen-bond acceptors (Lipinski definition) is 3. The van der Waals surface area contributed by atoms with Crippen LogP contribution in [0.25, 0.3) is 0 Å². The van der Waals surface area contributed by atoms with E-state index >= 15 is 0 Å². The third kappa shape index (κ3) is 5.01. The Morgan fingerprint density at radius 2 is 2.10 bits per heavy atom. The largest absolute Gasteiger partial charge is 0.487 e. The van der Waals surface area contributed by atoms with Gasteiger partial charge in [0.1, 0.15) is 11.4 Å². The summed E-state index contributed by atoms with van der Waals surface area (Å²) in [4.78, 5) is 0. The van der Waals surface area contributed by atoms with Crippen molar-refractivity contribution in [3.8, 4) is 5.75 Å². The van der Waals surface area contributed by atoms with Gasteiger partial charge >= 0.3 is 0 Å². The lowest BCUT2D eigenvalue weighted by molar-refractivity contribution is -0.0144. The van der Waals surface area contributed by atoms with Gasteiger partial charge in [-0.2, -0.15) is 0 Å². The molecule has 3 nitrogen and oxygen atoms in total. The van der Waals surface area contributed by atoms with Crippen LogP contribution in [0.1, 0.15) is 45.1 Å². The van der Waals surface area contributed by atoms with Gasteiger partial charge in [0, 0.05) is 7.11 Å². The second-order valence-electron chi connectivity index (χ2n) is 6.57. The molecule has 0 aromatic heterocycles. The Balaban J connectivity index is 1.87. The standard InChI is InChI=1S/C18H29NO2/c1-15(2)13-19-11-10-18(8-5-9-18)21-17-7-4-6-16(12-17)14-20-3/h4,6-7,12,15,19H,5,8-11,13-14H2,1-3H3. The molecule has 1 aromatic rings. The zero-order valence-electron chi connectivity index (χ0n) is 13.7. The summed E-state index contributed by atoms with van der Waals surface area (Å²) in [6.45, 7) is 7.24. The minimum atomic E-state index is 0.0513. The van der Waals surface area contributed by atoms with Gasteiger partial charge in [-0.15, -0.1) is 0 Å². The molecule has 0 unspecified atom stereocenters. The lowest BCUT2D eigenvalue weighted by Gasteiger charge is -2.42. The average Bonchev–Trinajstić information content (AvgIpc) is 2.41. The van der Waals surface area contributed by atoms with E-state index in [1.165, 1.54) is 24.8 Å². The molecule has 118 valence electrons. The van der Waals surface area contributed by atoms with Crippen molar-refractivity contribution < 1.29 is 9.47 Å². The molecule has 1 N–H and O–H groups in total. The van der Waals surface area contributed by atoms with Crippen molar-refractivity contribution in [3.63, 3.8) is 0 Å². The Kier molecular flexibility index (Phi) is 6.07. The van der Waals surface area contributed by atoms with Crippen LogP contribution in [-0.2, 0) is 11.3 Å². The Labute approximate surface area is 129 Å². The Morgan fingerprint density at radius 1 is 1.29 bits per heavy atom. The smallest absolute Gasteiger partial charge is 0.120 e. The summed E-state index contributed by atoms with van der Waals surface area (Å²) in [7, 11) is 1.72. The van der Waals surface area contributed by atoms with Crippen molar-refractivity contribution in [3.05, 3.63) is 29.8 Å². The zero-order chi connectivity index (χ0) is 15.1. The zero-order valence-corrected chi connectivity index (χ0v) is 13.7. The van der Waals surface area contributed by atoms with E-state index in [-0.39, 0.29) is 5.60 Å². The molecule has 3 heteroatoms. The summed E-state index contributed by atoms with van der Waals surface area (Å²) in [6, 6.07) is 8.28. The molecule has 0 saturated heterocycles. The molecule has 0 amide bonds. The van der Waals surface area contributed by atoms with Crippen LogP contribution in [0.15, 0.2) is 24.3 Å². The van der Waals surface area contributed by atoms with Crippen LogP contribution in [-0.4, -0.2) is 25.8 Å². The number of ether oxygens (including phenoxy) is 2. The van der Waals surface area contributed by atoms with E-state index in [9.17, 15) is 0 Å². The molecule has 0 heterocycles. The first-order chi connectivity index (χ1) is 10.1. The number of hydrogen-bond donors (Lipinski definition) is 1. The van der Waals surface area contributed by atoms with E-state index in [2.05, 4.69) is 37.4 Å². The first kappa shape index (κ1) is 16.3. The third-order valence-corrected chi connectivity index (χ3v) is 4.12. The fourth-order valence-electron chi connectivity index (χ4n) is 2.80. The van der Waals surface area contributed by atoms with Crippen LogP contribution in [0.2, 0.25) is 0 Å². The lowest BCUT2D eigenvalue weighted by Crippen LogP contribution is -2.45. The molecular weight excluding hydrogens is 262 g/mol. The summed E-state index contributed by atoms with van der Waals surface area (Å²) in [5, 5.41) is 3.53. The van der Waals surface area contributed by atoms with Crippen molar-refractivity contribution in [2.45, 2.75) is 51.7 Å². The summed E-state index contributed by atoms with van der Waals surface area (Å²) in [5.41, 5.74) is 1.22. The predicted octanol–water partition coefficient (Wildman–Crippen LogP) is 3.77. The van der Waals surface area contributed by atoms with Gasteiger partial charge < -0.3 is 14.8 Å². The van der Waals surface area contributed by atoms with Gasteiger partial charge in [0.25, 0.3) is 0 Å². The van der Waals surface area contributed by atoms with Crippen molar-refractivity contribution in [2.75, 3.05) is 20.2 Å². The van der Waals surface area contributed by atoms with Crippen molar-refractivity contribution in [1.29, 1.82) is 0 Å². The summed E-state index contributed by atoms with van der Waals surface area (Å²) >= 11 is 0. The van der Waals surface area contributed by atoms with E-state index in [1.54, 1.807) is 7.11 Å². The van der Waals surface area contributed by atoms with Gasteiger partial charge in [0.15, 0.2) is 0 Å². The maximum atomic E-state index is 6.34. The van der Waals surface area contributed by atoms with E-state index in [0.29, 0.717) is 12.5 Å². The molecule has 0 bridgehead atoms. The van der Waals surface area contributed by atoms with E-state index < -0.39 is 0 Å². The molecule has 0 atom stereocenters. The molecule has 1 aromatic carbocycles. The van der Waals surface area contributed by atoms with Gasteiger partial charge in [-0.1, -0.05) is 26.0 Å². The summed E-state index contributed by atoms with van der Waals surface area (Å²) in [5.74, 6) is 1.68. The highest BCUT2D eigenvalue weighted by atomic mass is 16.5. The van der Waals surface area contributed by atoms with Gasteiger partial charge in [-0.05, 0) is 62.4 Å². The SMILES string of the molecule is COCc1cccc(OC2(CCNCC(C)C)CCC2)c1. The average molecular weight is 291 g/mol. The van der Waals surface area contributed by atoms with Crippen LogP contribution < -0.4 is 10.1 Å². The Hall–Kier alpha value is -1.06. The van der Waals surface area contributed by atoms with E-state index in [4.69, 9.17) is 9.47 Å². The first-order valence-electron chi connectivity index (χ1n) is 8.11. The minimum absolute atomic E-state index is 0.0513. The molecule has 1 saturated carbocycles. The fraction of sp³-hybridized carbons (Fsp3) is 0.667. The fourth-order valence-corrected chi connectivity index (χ4v) is 2.80. The third-order valence-electron chi connectivity index (χ3n) is 4.12. The molecule has 21 heavy (non-hydrogen) atoms. The predicted molar refractivity (Wildman–Crippen MR) is 86.7 cm³/mol. The maximum Gasteiger partial charge on any atom is 0.120 e. The topological polar surface area (TPSA) is 30.5 Å². The molecule has 1 aliphatic rings. The van der Waals surface area contributed by atoms with Gasteiger partial charge in [0.2, 0.25) is 0 Å². The quantitative estimate of drug-likeness (QED) is 0.703. The number of nitrogens with one attached hydrogen (secondary N) is 1. The molecule has 0 radical (unpaired) electrons. The van der Waals surface area contributed by atoms with Gasteiger partial charge in [0.05, 0.1) is 6.61 Å². The molecule has 1 aliphatic carbocycles. The van der Waals surface area contributed by atoms with Gasteiger partial charge in [-0.3, -0.25) is 0 Å². The van der Waals surface area contributed by atoms with Crippen LogP contribution in [0.3, 0.4) is 0 Å². The molecule has 0 aliphatic heterocycles. The van der Waals surface area contributed by atoms with E-state index in [1.807, 2.05) is 6.07 Å². The normalized spacial score (nSPS) is 16.8. The van der Waals surface area contributed by atoms with Crippen LogP contribution >= 0.6 is 0 Å².